The van der Waals surface area contributed by atoms with Gasteiger partial charge in [0.1, 0.15) is 10.6 Å². The topological polar surface area (TPSA) is 30.7 Å². The number of pyridine rings is 2. The molecule has 0 N–H and O–H groups in total. The second-order valence-corrected chi connectivity index (χ2v) is 17.8. The second-order valence-electron chi connectivity index (χ2n) is 13.0. The van der Waals surface area contributed by atoms with E-state index in [0.717, 1.165) is 37.3 Å². The third-order valence-corrected chi connectivity index (χ3v) is 16.1. The van der Waals surface area contributed by atoms with Crippen LogP contribution in [0, 0.1) is 0 Å². The predicted octanol–water partition coefficient (Wildman–Crippen LogP) is 8.99. The standard InChI is InChI=1S/C46H31N3SSi/c1-4-15-34(16-5-1)51(35-17-6-2-7-18-35,36-19-8-3-9-20-36)37-21-12-14-32(30-37)33-25-26-42-40(31-33)38-22-10-11-24-41(38)49(42)44-28-27-43-45(48-44)39-23-13-29-47-46(39)50-43/h1-31H. The van der Waals surface area contributed by atoms with Crippen LogP contribution in [0.5, 0.6) is 0 Å². The number of thiophene rings is 1. The fourth-order valence-electron chi connectivity index (χ4n) is 7.99. The Hall–Kier alpha value is -6.14. The van der Waals surface area contributed by atoms with Gasteiger partial charge in [0.2, 0.25) is 0 Å². The van der Waals surface area contributed by atoms with Gasteiger partial charge in [0.15, 0.2) is 8.07 Å². The van der Waals surface area contributed by atoms with Crippen molar-refractivity contribution in [3.05, 3.63) is 188 Å². The summed E-state index contributed by atoms with van der Waals surface area (Å²) < 4.78 is 3.46. The van der Waals surface area contributed by atoms with Crippen LogP contribution in [0.2, 0.25) is 0 Å². The Kier molecular flexibility index (Phi) is 7.01. The van der Waals surface area contributed by atoms with Gasteiger partial charge in [-0.15, -0.1) is 11.3 Å². The van der Waals surface area contributed by atoms with Gasteiger partial charge in [0.05, 0.1) is 21.3 Å². The van der Waals surface area contributed by atoms with Crippen molar-refractivity contribution in [2.75, 3.05) is 0 Å². The molecule has 0 aliphatic carbocycles. The largest absolute Gasteiger partial charge is 0.294 e. The lowest BCUT2D eigenvalue weighted by Crippen LogP contribution is -2.74. The molecule has 5 heteroatoms. The van der Waals surface area contributed by atoms with Gasteiger partial charge in [-0.3, -0.25) is 4.57 Å². The molecule has 0 radical (unpaired) electrons. The smallest absolute Gasteiger partial charge is 0.179 e. The molecule has 4 heterocycles. The Morgan fingerprint density at radius 1 is 0.451 bits per heavy atom. The molecule has 10 aromatic rings. The highest BCUT2D eigenvalue weighted by molar-refractivity contribution is 7.25. The van der Waals surface area contributed by atoms with E-state index in [2.05, 4.69) is 185 Å². The molecule has 4 aromatic heterocycles. The van der Waals surface area contributed by atoms with Crippen LogP contribution in [0.3, 0.4) is 0 Å². The fourth-order valence-corrected chi connectivity index (χ4v) is 13.8. The normalized spacial score (nSPS) is 11.9. The first-order valence-corrected chi connectivity index (χ1v) is 20.1. The number of rotatable bonds is 6. The van der Waals surface area contributed by atoms with E-state index in [1.807, 2.05) is 12.3 Å². The summed E-state index contributed by atoms with van der Waals surface area (Å²) in [4.78, 5) is 10.9. The maximum absolute atomic E-state index is 5.25. The molecule has 0 unspecified atom stereocenters. The highest BCUT2D eigenvalue weighted by atomic mass is 32.1. The summed E-state index contributed by atoms with van der Waals surface area (Å²) in [5, 5.41) is 9.01. The average Bonchev–Trinajstić information content (AvgIpc) is 3.75. The minimum atomic E-state index is -2.65. The second kappa shape index (κ2) is 12.0. The van der Waals surface area contributed by atoms with E-state index >= 15 is 0 Å². The van der Waals surface area contributed by atoms with E-state index in [1.165, 1.54) is 42.6 Å². The summed E-state index contributed by atoms with van der Waals surface area (Å²) in [6.45, 7) is 0. The molecular formula is C46H31N3SSi. The van der Waals surface area contributed by atoms with E-state index in [9.17, 15) is 0 Å². The van der Waals surface area contributed by atoms with Crippen LogP contribution >= 0.6 is 11.3 Å². The van der Waals surface area contributed by atoms with Crippen molar-refractivity contribution in [1.82, 2.24) is 14.5 Å². The number of para-hydroxylation sites is 1. The highest BCUT2D eigenvalue weighted by Gasteiger charge is 2.41. The lowest BCUT2D eigenvalue weighted by Gasteiger charge is -2.34. The van der Waals surface area contributed by atoms with Crippen LogP contribution in [-0.4, -0.2) is 22.6 Å². The number of aromatic nitrogens is 3. The molecule has 0 saturated heterocycles. The van der Waals surface area contributed by atoms with E-state index in [4.69, 9.17) is 4.98 Å². The predicted molar refractivity (Wildman–Crippen MR) is 218 cm³/mol. The molecule has 0 bridgehead atoms. The van der Waals surface area contributed by atoms with Crippen molar-refractivity contribution >= 4 is 82.4 Å². The highest BCUT2D eigenvalue weighted by Crippen LogP contribution is 2.37. The molecule has 0 aliphatic heterocycles. The quantitative estimate of drug-likeness (QED) is 0.129. The molecular weight excluding hydrogens is 655 g/mol. The van der Waals surface area contributed by atoms with E-state index in [-0.39, 0.29) is 0 Å². The number of nitrogens with zero attached hydrogens (tertiary/aromatic N) is 3. The Labute approximate surface area is 300 Å². The van der Waals surface area contributed by atoms with Crippen molar-refractivity contribution in [3.63, 3.8) is 0 Å². The van der Waals surface area contributed by atoms with Gasteiger partial charge in [0.25, 0.3) is 0 Å². The molecule has 0 spiro atoms. The number of hydrogen-bond donors (Lipinski definition) is 0. The molecule has 10 rings (SSSR count). The first-order valence-electron chi connectivity index (χ1n) is 17.2. The molecule has 0 amide bonds. The van der Waals surface area contributed by atoms with Crippen LogP contribution in [0.15, 0.2) is 188 Å². The Morgan fingerprint density at radius 2 is 1.06 bits per heavy atom. The molecule has 51 heavy (non-hydrogen) atoms. The lowest BCUT2D eigenvalue weighted by molar-refractivity contribution is 1.10. The number of benzene rings is 6. The van der Waals surface area contributed by atoms with Crippen LogP contribution in [0.1, 0.15) is 0 Å². The Morgan fingerprint density at radius 3 is 1.78 bits per heavy atom. The molecule has 0 fully saturated rings. The summed E-state index contributed by atoms with van der Waals surface area (Å²) in [6.07, 6.45) is 1.85. The first kappa shape index (κ1) is 29.7. The van der Waals surface area contributed by atoms with Gasteiger partial charge in [-0.1, -0.05) is 140 Å². The van der Waals surface area contributed by atoms with Gasteiger partial charge < -0.3 is 0 Å². The zero-order chi connectivity index (χ0) is 33.8. The van der Waals surface area contributed by atoms with Crippen molar-refractivity contribution in [2.45, 2.75) is 0 Å². The Bertz CT molecular complexity index is 2760. The van der Waals surface area contributed by atoms with E-state index < -0.39 is 8.07 Å². The minimum Gasteiger partial charge on any atom is -0.294 e. The van der Waals surface area contributed by atoms with Crippen LogP contribution in [0.25, 0.3) is 59.2 Å². The number of hydrogen-bond acceptors (Lipinski definition) is 3. The SMILES string of the molecule is c1ccc([Si](c2ccccc2)(c2ccccc2)c2cccc(-c3ccc4c(c3)c3ccccc3n4-c3ccc4sc5ncccc5c4n3)c2)cc1. The van der Waals surface area contributed by atoms with Gasteiger partial charge in [0, 0.05) is 22.4 Å². The zero-order valence-corrected chi connectivity index (χ0v) is 29.5. The van der Waals surface area contributed by atoms with Crippen molar-refractivity contribution in [1.29, 1.82) is 0 Å². The van der Waals surface area contributed by atoms with Gasteiger partial charge in [-0.25, -0.2) is 9.97 Å². The number of fused-ring (bicyclic) bond motifs is 6. The molecule has 0 atom stereocenters. The summed E-state index contributed by atoms with van der Waals surface area (Å²) in [6, 6.07) is 66.7. The van der Waals surface area contributed by atoms with E-state index in [1.54, 1.807) is 11.3 Å². The summed E-state index contributed by atoms with van der Waals surface area (Å²) in [5.41, 5.74) is 5.70. The molecule has 240 valence electrons. The van der Waals surface area contributed by atoms with E-state index in [0.29, 0.717) is 0 Å². The third kappa shape index (κ3) is 4.70. The first-order chi connectivity index (χ1) is 25.3. The minimum absolute atomic E-state index is 0.913. The average molecular weight is 686 g/mol. The summed E-state index contributed by atoms with van der Waals surface area (Å²) in [7, 11) is -2.65. The van der Waals surface area contributed by atoms with Gasteiger partial charge in [-0.05, 0) is 74.3 Å². The third-order valence-electron chi connectivity index (χ3n) is 10.2. The molecule has 0 aliphatic rings. The van der Waals surface area contributed by atoms with Crippen molar-refractivity contribution in [3.8, 4) is 16.9 Å². The van der Waals surface area contributed by atoms with Crippen molar-refractivity contribution < 1.29 is 0 Å². The van der Waals surface area contributed by atoms with Gasteiger partial charge >= 0.3 is 0 Å². The van der Waals surface area contributed by atoms with Crippen LogP contribution < -0.4 is 20.7 Å². The van der Waals surface area contributed by atoms with Gasteiger partial charge in [-0.2, -0.15) is 0 Å². The zero-order valence-electron chi connectivity index (χ0n) is 27.6. The summed E-state index contributed by atoms with van der Waals surface area (Å²) >= 11 is 1.69. The van der Waals surface area contributed by atoms with Crippen molar-refractivity contribution in [2.24, 2.45) is 0 Å². The summed E-state index contributed by atoms with van der Waals surface area (Å²) in [5.74, 6) is 0.913. The Balaban J connectivity index is 1.17. The maximum atomic E-state index is 5.25. The fraction of sp³-hybridized carbons (Fsp3) is 0. The monoisotopic (exact) mass is 685 g/mol. The molecule has 0 saturated carbocycles. The van der Waals surface area contributed by atoms with Crippen LogP contribution in [0.4, 0.5) is 0 Å². The maximum Gasteiger partial charge on any atom is 0.179 e. The van der Waals surface area contributed by atoms with Crippen LogP contribution in [-0.2, 0) is 0 Å². The molecule has 3 nitrogen and oxygen atoms in total. The lowest BCUT2D eigenvalue weighted by atomic mass is 10.0. The molecule has 6 aromatic carbocycles.